The monoisotopic (exact) mass is 400 g/mol. The van der Waals surface area contributed by atoms with Crippen molar-refractivity contribution in [1.82, 2.24) is 24.3 Å². The first-order valence-corrected chi connectivity index (χ1v) is 10.5. The number of rotatable bonds is 3. The Morgan fingerprint density at radius 1 is 1.17 bits per heavy atom. The maximum Gasteiger partial charge on any atom is 0.187 e. The van der Waals surface area contributed by atoms with E-state index in [-0.39, 0.29) is 0 Å². The first-order valence-electron chi connectivity index (χ1n) is 9.71. The van der Waals surface area contributed by atoms with E-state index >= 15 is 0 Å². The molecule has 5 aromatic rings. The van der Waals surface area contributed by atoms with Crippen LogP contribution in [0.5, 0.6) is 0 Å². The molecule has 1 aliphatic rings. The largest absolute Gasteiger partial charge is 0.361 e. The molecule has 0 aliphatic carbocycles. The lowest BCUT2D eigenvalue weighted by molar-refractivity contribution is 0.314. The van der Waals surface area contributed by atoms with Crippen molar-refractivity contribution in [3.63, 3.8) is 0 Å². The summed E-state index contributed by atoms with van der Waals surface area (Å²) in [4.78, 5) is 16.4. The first kappa shape index (κ1) is 16.8. The number of fused-ring (bicyclic) bond motifs is 3. The van der Waals surface area contributed by atoms with Crippen LogP contribution in [-0.4, -0.2) is 37.8 Å². The zero-order valence-corrected chi connectivity index (χ0v) is 16.8. The molecule has 5 heterocycles. The Hall–Kier alpha value is -3.16. The molecule has 6 rings (SSSR count). The van der Waals surface area contributed by atoms with Crippen molar-refractivity contribution in [2.75, 3.05) is 18.9 Å². The molecule has 7 heteroatoms. The van der Waals surface area contributed by atoms with Crippen molar-refractivity contribution in [2.45, 2.75) is 13.0 Å². The Kier molecular flexibility index (Phi) is 3.72. The Morgan fingerprint density at radius 2 is 2.14 bits per heavy atom. The number of anilines is 2. The number of nitrogens with zero attached hydrogens (tertiary/aromatic N) is 4. The Labute approximate surface area is 171 Å². The lowest BCUT2D eigenvalue weighted by Crippen LogP contribution is -2.25. The molecule has 0 saturated heterocycles. The summed E-state index contributed by atoms with van der Waals surface area (Å²) in [5.41, 5.74) is 6.54. The first-order chi connectivity index (χ1) is 14.2. The van der Waals surface area contributed by atoms with Crippen LogP contribution in [-0.2, 0) is 13.0 Å². The van der Waals surface area contributed by atoms with Gasteiger partial charge in [0.25, 0.3) is 0 Å². The fourth-order valence-corrected chi connectivity index (χ4v) is 5.10. The lowest BCUT2D eigenvalue weighted by Gasteiger charge is -2.20. The highest BCUT2D eigenvalue weighted by atomic mass is 32.1. The van der Waals surface area contributed by atoms with Gasteiger partial charge in [0.2, 0.25) is 0 Å². The van der Waals surface area contributed by atoms with Gasteiger partial charge in [-0.15, -0.1) is 11.3 Å². The minimum Gasteiger partial charge on any atom is -0.361 e. The smallest absolute Gasteiger partial charge is 0.187 e. The molecule has 1 aromatic carbocycles. The third-order valence-corrected chi connectivity index (χ3v) is 6.54. The van der Waals surface area contributed by atoms with Crippen LogP contribution in [0, 0.1) is 0 Å². The van der Waals surface area contributed by atoms with Gasteiger partial charge < -0.3 is 19.6 Å². The standard InChI is InChI=1S/C22H20N6S/c1-27-8-5-17-20(13-27)29-22(25-17)26-19-11-16(12-28-9-7-24-21(19)28)15-3-2-14-4-6-23-18(14)10-15/h2-4,6-7,9-12,23H,5,8,13H2,1H3,(H,25,26). The summed E-state index contributed by atoms with van der Waals surface area (Å²) in [6.07, 6.45) is 8.93. The van der Waals surface area contributed by atoms with Crippen molar-refractivity contribution in [3.8, 4) is 11.1 Å². The molecule has 4 aromatic heterocycles. The summed E-state index contributed by atoms with van der Waals surface area (Å²) in [7, 11) is 2.16. The van der Waals surface area contributed by atoms with Crippen LogP contribution in [0.2, 0.25) is 0 Å². The van der Waals surface area contributed by atoms with Crippen molar-refractivity contribution < 1.29 is 0 Å². The number of nitrogens with one attached hydrogen (secondary N) is 2. The summed E-state index contributed by atoms with van der Waals surface area (Å²) in [6.45, 7) is 2.04. The van der Waals surface area contributed by atoms with Crippen LogP contribution in [0.4, 0.5) is 10.8 Å². The van der Waals surface area contributed by atoms with Crippen LogP contribution in [0.25, 0.3) is 27.7 Å². The van der Waals surface area contributed by atoms with E-state index in [1.54, 1.807) is 11.3 Å². The highest BCUT2D eigenvalue weighted by molar-refractivity contribution is 7.15. The van der Waals surface area contributed by atoms with E-state index in [9.17, 15) is 0 Å². The second-order valence-corrected chi connectivity index (χ2v) is 8.67. The van der Waals surface area contributed by atoms with E-state index < -0.39 is 0 Å². The van der Waals surface area contributed by atoms with Crippen molar-refractivity contribution in [3.05, 3.63) is 65.7 Å². The number of H-pyrrole nitrogens is 1. The third kappa shape index (κ3) is 2.90. The number of aromatic nitrogens is 4. The van der Waals surface area contributed by atoms with Crippen molar-refractivity contribution >= 4 is 38.7 Å². The summed E-state index contributed by atoms with van der Waals surface area (Å²) in [6, 6.07) is 10.8. The fourth-order valence-electron chi connectivity index (χ4n) is 4.00. The number of hydrogen-bond acceptors (Lipinski definition) is 5. The van der Waals surface area contributed by atoms with Gasteiger partial charge >= 0.3 is 0 Å². The van der Waals surface area contributed by atoms with E-state index in [4.69, 9.17) is 4.98 Å². The SMILES string of the molecule is CN1CCc2nc(Nc3cc(-c4ccc5cc[nH]c5c4)cn4ccnc34)sc2C1. The summed E-state index contributed by atoms with van der Waals surface area (Å²) < 4.78 is 2.07. The van der Waals surface area contributed by atoms with E-state index in [1.165, 1.54) is 21.5 Å². The van der Waals surface area contributed by atoms with Crippen molar-refractivity contribution in [2.24, 2.45) is 0 Å². The third-order valence-electron chi connectivity index (χ3n) is 5.54. The van der Waals surface area contributed by atoms with E-state index in [0.29, 0.717) is 0 Å². The van der Waals surface area contributed by atoms with E-state index in [2.05, 4.69) is 68.2 Å². The zero-order chi connectivity index (χ0) is 19.4. The maximum atomic E-state index is 4.85. The van der Waals surface area contributed by atoms with Gasteiger partial charge in [0.1, 0.15) is 0 Å². The molecule has 0 bridgehead atoms. The highest BCUT2D eigenvalue weighted by Gasteiger charge is 2.19. The highest BCUT2D eigenvalue weighted by Crippen LogP contribution is 2.33. The van der Waals surface area contributed by atoms with Crippen LogP contribution < -0.4 is 5.32 Å². The quantitative estimate of drug-likeness (QED) is 0.462. The van der Waals surface area contributed by atoms with Gasteiger partial charge in [-0.25, -0.2) is 9.97 Å². The number of aromatic amines is 1. The molecule has 0 saturated carbocycles. The van der Waals surface area contributed by atoms with E-state index in [1.807, 2.05) is 18.6 Å². The average molecular weight is 401 g/mol. The molecule has 0 amide bonds. The maximum absolute atomic E-state index is 4.85. The molecule has 144 valence electrons. The number of thiazole rings is 1. The number of imidazole rings is 1. The molecule has 0 fully saturated rings. The molecule has 6 nitrogen and oxygen atoms in total. The zero-order valence-electron chi connectivity index (χ0n) is 16.0. The van der Waals surface area contributed by atoms with Crippen LogP contribution in [0.1, 0.15) is 10.6 Å². The summed E-state index contributed by atoms with van der Waals surface area (Å²) >= 11 is 1.74. The van der Waals surface area contributed by atoms with Crippen LogP contribution in [0.15, 0.2) is 55.1 Å². The Morgan fingerprint density at radius 3 is 3.10 bits per heavy atom. The number of likely N-dealkylation sites (N-methyl/N-ethyl adjacent to an activating group) is 1. The van der Waals surface area contributed by atoms with Gasteiger partial charge in [-0.1, -0.05) is 12.1 Å². The molecule has 29 heavy (non-hydrogen) atoms. The number of pyridine rings is 1. The molecular weight excluding hydrogens is 380 g/mol. The molecule has 0 atom stereocenters. The summed E-state index contributed by atoms with van der Waals surface area (Å²) in [5.74, 6) is 0. The van der Waals surface area contributed by atoms with Crippen LogP contribution >= 0.6 is 11.3 Å². The van der Waals surface area contributed by atoms with Gasteiger partial charge in [-0.2, -0.15) is 0 Å². The predicted octanol–water partition coefficient (Wildman–Crippen LogP) is 4.67. The van der Waals surface area contributed by atoms with E-state index in [0.717, 1.165) is 47.1 Å². The normalized spacial score (nSPS) is 14.5. The average Bonchev–Trinajstić information content (AvgIpc) is 3.45. The van der Waals surface area contributed by atoms with Crippen molar-refractivity contribution in [1.29, 1.82) is 0 Å². The van der Waals surface area contributed by atoms with Gasteiger partial charge in [-0.05, 0) is 36.2 Å². The molecule has 0 unspecified atom stereocenters. The molecule has 0 radical (unpaired) electrons. The minimum atomic E-state index is 0.903. The van der Waals surface area contributed by atoms with Gasteiger partial charge in [-0.3, -0.25) is 0 Å². The topological polar surface area (TPSA) is 61.2 Å². The van der Waals surface area contributed by atoms with Gasteiger partial charge in [0, 0.05) is 60.3 Å². The lowest BCUT2D eigenvalue weighted by atomic mass is 10.1. The molecule has 0 spiro atoms. The molecule has 2 N–H and O–H groups in total. The Balaban J connectivity index is 1.42. The number of hydrogen-bond donors (Lipinski definition) is 2. The second kappa shape index (κ2) is 6.43. The summed E-state index contributed by atoms with van der Waals surface area (Å²) in [5, 5.41) is 5.70. The van der Waals surface area contributed by atoms with Gasteiger partial charge in [0.15, 0.2) is 10.8 Å². The Bertz CT molecular complexity index is 1340. The molecular formula is C22H20N6S. The minimum absolute atomic E-state index is 0.903. The van der Waals surface area contributed by atoms with Crippen LogP contribution in [0.3, 0.4) is 0 Å². The fraction of sp³-hybridized carbons (Fsp3) is 0.182. The number of benzene rings is 1. The molecule has 1 aliphatic heterocycles. The second-order valence-electron chi connectivity index (χ2n) is 7.58. The predicted molar refractivity (Wildman–Crippen MR) is 118 cm³/mol. The van der Waals surface area contributed by atoms with Gasteiger partial charge in [0.05, 0.1) is 11.4 Å².